The minimum absolute atomic E-state index is 0.250. The molecule has 0 spiro atoms. The van der Waals surface area contributed by atoms with E-state index < -0.39 is 5.97 Å². The predicted molar refractivity (Wildman–Crippen MR) is 71.9 cm³/mol. The van der Waals surface area contributed by atoms with Gasteiger partial charge in [-0.3, -0.25) is 0 Å². The van der Waals surface area contributed by atoms with E-state index in [0.717, 1.165) is 32.4 Å². The number of anilines is 1. The van der Waals surface area contributed by atoms with Gasteiger partial charge >= 0.3 is 5.97 Å². The second-order valence-corrected chi connectivity index (χ2v) is 4.70. The molecule has 1 saturated heterocycles. The van der Waals surface area contributed by atoms with Gasteiger partial charge in [0.25, 0.3) is 0 Å². The Bertz CT molecular complexity index is 443. The van der Waals surface area contributed by atoms with Crippen molar-refractivity contribution in [2.45, 2.75) is 25.3 Å². The van der Waals surface area contributed by atoms with Crippen LogP contribution in [-0.2, 0) is 4.74 Å². The standard InChI is InChI=1S/C14H19FN2O2/c1-19-14(18)12-5-4-10(15)9-13(12)17-11-3-2-7-16-8-6-11/h4-5,9,11,16-17H,2-3,6-8H2,1H3. The number of carbonyl (C=O) groups is 1. The average molecular weight is 266 g/mol. The van der Waals surface area contributed by atoms with Crippen molar-refractivity contribution in [3.63, 3.8) is 0 Å². The normalized spacial score (nSPS) is 19.6. The molecule has 4 nitrogen and oxygen atoms in total. The molecule has 0 aromatic heterocycles. The second-order valence-electron chi connectivity index (χ2n) is 4.70. The van der Waals surface area contributed by atoms with Crippen molar-refractivity contribution < 1.29 is 13.9 Å². The fourth-order valence-corrected chi connectivity index (χ4v) is 2.31. The van der Waals surface area contributed by atoms with Crippen LogP contribution in [0.3, 0.4) is 0 Å². The number of nitrogens with one attached hydrogen (secondary N) is 2. The van der Waals surface area contributed by atoms with E-state index in [0.29, 0.717) is 11.3 Å². The number of hydrogen-bond acceptors (Lipinski definition) is 4. The molecule has 1 aliphatic heterocycles. The highest BCUT2D eigenvalue weighted by molar-refractivity contribution is 5.95. The van der Waals surface area contributed by atoms with Gasteiger partial charge in [0, 0.05) is 6.04 Å². The topological polar surface area (TPSA) is 50.4 Å². The monoisotopic (exact) mass is 266 g/mol. The molecule has 19 heavy (non-hydrogen) atoms. The maximum absolute atomic E-state index is 13.3. The Morgan fingerprint density at radius 3 is 3.05 bits per heavy atom. The van der Waals surface area contributed by atoms with Gasteiger partial charge in [-0.25, -0.2) is 9.18 Å². The predicted octanol–water partition coefficient (Wildman–Crippen LogP) is 2.17. The zero-order chi connectivity index (χ0) is 13.7. The lowest BCUT2D eigenvalue weighted by molar-refractivity contribution is 0.0601. The Morgan fingerprint density at radius 2 is 2.26 bits per heavy atom. The number of methoxy groups -OCH3 is 1. The van der Waals surface area contributed by atoms with Crippen LogP contribution in [0, 0.1) is 5.82 Å². The number of benzene rings is 1. The summed E-state index contributed by atoms with van der Waals surface area (Å²) in [5, 5.41) is 6.58. The van der Waals surface area contributed by atoms with Crippen molar-refractivity contribution in [1.82, 2.24) is 5.32 Å². The Kier molecular flexibility index (Phi) is 4.74. The van der Waals surface area contributed by atoms with Gasteiger partial charge in [0.2, 0.25) is 0 Å². The van der Waals surface area contributed by atoms with Gasteiger partial charge in [-0.2, -0.15) is 0 Å². The summed E-state index contributed by atoms with van der Waals surface area (Å²) in [6, 6.07) is 4.33. The Hall–Kier alpha value is -1.62. The molecule has 0 radical (unpaired) electrons. The van der Waals surface area contributed by atoms with Gasteiger partial charge in [-0.05, 0) is 50.6 Å². The summed E-state index contributed by atoms with van der Waals surface area (Å²) in [6.45, 7) is 1.94. The molecule has 2 N–H and O–H groups in total. The third kappa shape index (κ3) is 3.67. The van der Waals surface area contributed by atoms with Crippen molar-refractivity contribution >= 4 is 11.7 Å². The number of esters is 1. The van der Waals surface area contributed by atoms with E-state index in [1.807, 2.05) is 0 Å². The molecule has 1 atom stereocenters. The van der Waals surface area contributed by atoms with Crippen LogP contribution in [0.4, 0.5) is 10.1 Å². The molecule has 0 saturated carbocycles. The Labute approximate surface area is 112 Å². The summed E-state index contributed by atoms with van der Waals surface area (Å²) in [4.78, 5) is 11.7. The average Bonchev–Trinajstić information content (AvgIpc) is 2.67. The number of ether oxygens (including phenoxy) is 1. The molecule has 1 aromatic rings. The summed E-state index contributed by atoms with van der Waals surface area (Å²) >= 11 is 0. The van der Waals surface area contributed by atoms with Crippen LogP contribution in [0.15, 0.2) is 18.2 Å². The lowest BCUT2D eigenvalue weighted by Crippen LogP contribution is -2.23. The molecule has 1 aliphatic rings. The molecule has 2 rings (SSSR count). The first kappa shape index (κ1) is 13.8. The minimum atomic E-state index is -0.450. The van der Waals surface area contributed by atoms with E-state index in [9.17, 15) is 9.18 Å². The molecule has 5 heteroatoms. The highest BCUT2D eigenvalue weighted by Gasteiger charge is 2.17. The first-order chi connectivity index (χ1) is 9.20. The van der Waals surface area contributed by atoms with Crippen molar-refractivity contribution in [3.05, 3.63) is 29.6 Å². The third-order valence-corrected chi connectivity index (χ3v) is 3.32. The molecule has 0 aliphatic carbocycles. The van der Waals surface area contributed by atoms with E-state index in [4.69, 9.17) is 4.74 Å². The first-order valence-corrected chi connectivity index (χ1v) is 6.56. The molecular formula is C14H19FN2O2. The molecule has 1 heterocycles. The van der Waals surface area contributed by atoms with Gasteiger partial charge in [-0.15, -0.1) is 0 Å². The van der Waals surface area contributed by atoms with E-state index in [-0.39, 0.29) is 11.9 Å². The third-order valence-electron chi connectivity index (χ3n) is 3.32. The number of hydrogen-bond donors (Lipinski definition) is 2. The van der Waals surface area contributed by atoms with Gasteiger partial charge in [0.05, 0.1) is 18.4 Å². The highest BCUT2D eigenvalue weighted by Crippen LogP contribution is 2.21. The summed E-state index contributed by atoms with van der Waals surface area (Å²) in [7, 11) is 1.32. The second kappa shape index (κ2) is 6.52. The Morgan fingerprint density at radius 1 is 1.42 bits per heavy atom. The van der Waals surface area contributed by atoms with E-state index >= 15 is 0 Å². The fraction of sp³-hybridized carbons (Fsp3) is 0.500. The molecule has 0 bridgehead atoms. The number of carbonyl (C=O) groups excluding carboxylic acids is 1. The number of rotatable bonds is 3. The SMILES string of the molecule is COC(=O)c1ccc(F)cc1NC1CCCNCC1. The summed E-state index contributed by atoms with van der Waals surface area (Å²) in [5.74, 6) is -0.809. The quantitative estimate of drug-likeness (QED) is 0.823. The maximum Gasteiger partial charge on any atom is 0.339 e. The lowest BCUT2D eigenvalue weighted by Gasteiger charge is -2.19. The van der Waals surface area contributed by atoms with Crippen LogP contribution in [0.1, 0.15) is 29.6 Å². The number of halogens is 1. The zero-order valence-electron chi connectivity index (χ0n) is 11.0. The van der Waals surface area contributed by atoms with Gasteiger partial charge in [0.15, 0.2) is 0 Å². The molecule has 104 valence electrons. The van der Waals surface area contributed by atoms with Crippen LogP contribution < -0.4 is 10.6 Å². The van der Waals surface area contributed by atoms with E-state index in [1.54, 1.807) is 0 Å². The largest absolute Gasteiger partial charge is 0.465 e. The smallest absolute Gasteiger partial charge is 0.339 e. The van der Waals surface area contributed by atoms with Gasteiger partial charge < -0.3 is 15.4 Å². The van der Waals surface area contributed by atoms with Crippen LogP contribution in [0.25, 0.3) is 0 Å². The summed E-state index contributed by atoms with van der Waals surface area (Å²) in [5.41, 5.74) is 0.889. The summed E-state index contributed by atoms with van der Waals surface area (Å²) in [6.07, 6.45) is 3.03. The summed E-state index contributed by atoms with van der Waals surface area (Å²) < 4.78 is 18.1. The van der Waals surface area contributed by atoms with Crippen molar-refractivity contribution in [1.29, 1.82) is 0 Å². The van der Waals surface area contributed by atoms with Crippen LogP contribution in [0.2, 0.25) is 0 Å². The molecule has 1 unspecified atom stereocenters. The maximum atomic E-state index is 13.3. The van der Waals surface area contributed by atoms with Crippen molar-refractivity contribution in [2.75, 3.05) is 25.5 Å². The molecular weight excluding hydrogens is 247 g/mol. The van der Waals surface area contributed by atoms with Crippen molar-refractivity contribution in [3.8, 4) is 0 Å². The van der Waals surface area contributed by atoms with Crippen LogP contribution in [0.5, 0.6) is 0 Å². The van der Waals surface area contributed by atoms with E-state index in [1.165, 1.54) is 25.3 Å². The zero-order valence-corrected chi connectivity index (χ0v) is 11.0. The van der Waals surface area contributed by atoms with Crippen molar-refractivity contribution in [2.24, 2.45) is 0 Å². The molecule has 1 aromatic carbocycles. The molecule has 0 amide bonds. The fourth-order valence-electron chi connectivity index (χ4n) is 2.31. The lowest BCUT2D eigenvalue weighted by atomic mass is 10.1. The first-order valence-electron chi connectivity index (χ1n) is 6.56. The Balaban J connectivity index is 2.17. The van der Waals surface area contributed by atoms with Crippen LogP contribution in [-0.4, -0.2) is 32.2 Å². The van der Waals surface area contributed by atoms with Gasteiger partial charge in [0.1, 0.15) is 5.82 Å². The molecule has 1 fully saturated rings. The van der Waals surface area contributed by atoms with E-state index in [2.05, 4.69) is 10.6 Å². The van der Waals surface area contributed by atoms with Gasteiger partial charge in [-0.1, -0.05) is 0 Å². The highest BCUT2D eigenvalue weighted by atomic mass is 19.1. The minimum Gasteiger partial charge on any atom is -0.465 e. The van der Waals surface area contributed by atoms with Crippen LogP contribution >= 0.6 is 0 Å².